The minimum absolute atomic E-state index is 0.0682. The number of anilines is 1. The average molecular weight is 449 g/mol. The Bertz CT molecular complexity index is 1350. The second-order valence-corrected chi connectivity index (χ2v) is 8.04. The predicted octanol–water partition coefficient (Wildman–Crippen LogP) is 6.97. The van der Waals surface area contributed by atoms with Gasteiger partial charge in [-0.2, -0.15) is 0 Å². The zero-order valence-electron chi connectivity index (χ0n) is 16.9. The smallest absolute Gasteiger partial charge is 0.256 e. The summed E-state index contributed by atoms with van der Waals surface area (Å²) in [5, 5.41) is 4.63. The summed E-state index contributed by atoms with van der Waals surface area (Å²) in [7, 11) is 0. The zero-order chi connectivity index (χ0) is 22.1. The van der Waals surface area contributed by atoms with Gasteiger partial charge in [-0.05, 0) is 55.8 Å². The first-order chi connectivity index (χ1) is 14.8. The number of rotatable bonds is 4. The summed E-state index contributed by atoms with van der Waals surface area (Å²) in [4.78, 5) is 29.8. The van der Waals surface area contributed by atoms with E-state index in [0.29, 0.717) is 49.2 Å². The van der Waals surface area contributed by atoms with E-state index in [1.807, 2.05) is 31.2 Å². The van der Waals surface area contributed by atoms with Crippen LogP contribution in [0.1, 0.15) is 33.2 Å². The van der Waals surface area contributed by atoms with Gasteiger partial charge in [-0.1, -0.05) is 53.5 Å². The Balaban J connectivity index is 1.87. The Morgan fingerprint density at radius 2 is 1.71 bits per heavy atom. The average Bonchev–Trinajstić information content (AvgIpc) is 2.73. The van der Waals surface area contributed by atoms with Crippen LogP contribution in [0.4, 0.5) is 5.69 Å². The molecule has 0 atom stereocenters. The standard InChI is InChI=1S/C25H18Cl2N2O2/c1-14-23(25(31)28-18-7-5-6-16(12-18)15(2)30)20-8-3-4-9-22(20)29-24(14)19-11-10-17(26)13-21(19)27/h3-13H,1-2H3,(H,28,31). The number of para-hydroxylation sites is 1. The topological polar surface area (TPSA) is 59.1 Å². The second-order valence-electron chi connectivity index (χ2n) is 7.19. The number of fused-ring (bicyclic) bond motifs is 1. The number of aromatic nitrogens is 1. The highest BCUT2D eigenvalue weighted by molar-refractivity contribution is 6.36. The van der Waals surface area contributed by atoms with Crippen molar-refractivity contribution >= 4 is 51.5 Å². The van der Waals surface area contributed by atoms with Crippen LogP contribution in [0.25, 0.3) is 22.2 Å². The van der Waals surface area contributed by atoms with Gasteiger partial charge in [-0.15, -0.1) is 0 Å². The number of nitrogens with one attached hydrogen (secondary N) is 1. The van der Waals surface area contributed by atoms with Crippen LogP contribution in [-0.4, -0.2) is 16.7 Å². The van der Waals surface area contributed by atoms with Crippen LogP contribution in [0.15, 0.2) is 66.7 Å². The molecule has 1 N–H and O–H groups in total. The number of halogens is 2. The maximum Gasteiger partial charge on any atom is 0.256 e. The first kappa shape index (κ1) is 21.0. The molecule has 31 heavy (non-hydrogen) atoms. The summed E-state index contributed by atoms with van der Waals surface area (Å²) >= 11 is 12.5. The fraction of sp³-hybridized carbons (Fsp3) is 0.0800. The lowest BCUT2D eigenvalue weighted by molar-refractivity contribution is 0.101. The monoisotopic (exact) mass is 448 g/mol. The van der Waals surface area contributed by atoms with Crippen LogP contribution < -0.4 is 5.32 Å². The molecule has 3 aromatic carbocycles. The summed E-state index contributed by atoms with van der Waals surface area (Å²) in [5.41, 5.74) is 4.26. The summed E-state index contributed by atoms with van der Waals surface area (Å²) in [6, 6.07) is 19.5. The van der Waals surface area contributed by atoms with Crippen LogP contribution in [0.2, 0.25) is 10.0 Å². The maximum absolute atomic E-state index is 13.4. The van der Waals surface area contributed by atoms with E-state index in [1.165, 1.54) is 6.92 Å². The Morgan fingerprint density at radius 1 is 0.935 bits per heavy atom. The van der Waals surface area contributed by atoms with Crippen molar-refractivity contribution in [1.29, 1.82) is 0 Å². The molecule has 4 aromatic rings. The van der Waals surface area contributed by atoms with Gasteiger partial charge in [0.05, 0.1) is 21.8 Å². The first-order valence-electron chi connectivity index (χ1n) is 9.62. The lowest BCUT2D eigenvalue weighted by Crippen LogP contribution is -2.15. The molecule has 0 aliphatic carbocycles. The molecule has 6 heteroatoms. The lowest BCUT2D eigenvalue weighted by atomic mass is 9.97. The van der Waals surface area contributed by atoms with E-state index in [2.05, 4.69) is 5.32 Å². The third-order valence-electron chi connectivity index (χ3n) is 5.08. The molecule has 4 rings (SSSR count). The second kappa shape index (κ2) is 8.50. The highest BCUT2D eigenvalue weighted by atomic mass is 35.5. The van der Waals surface area contributed by atoms with E-state index >= 15 is 0 Å². The number of carbonyl (C=O) groups excluding carboxylic acids is 2. The molecule has 4 nitrogen and oxygen atoms in total. The van der Waals surface area contributed by atoms with Gasteiger partial charge in [-0.25, -0.2) is 4.98 Å². The first-order valence-corrected chi connectivity index (χ1v) is 10.4. The Kier molecular flexibility index (Phi) is 5.77. The third-order valence-corrected chi connectivity index (χ3v) is 5.62. The Labute approximate surface area is 189 Å². The van der Waals surface area contributed by atoms with Gasteiger partial charge in [0.25, 0.3) is 5.91 Å². The molecule has 0 spiro atoms. The number of nitrogens with zero attached hydrogens (tertiary/aromatic N) is 1. The summed E-state index contributed by atoms with van der Waals surface area (Å²) in [6.07, 6.45) is 0. The van der Waals surface area contributed by atoms with Crippen molar-refractivity contribution in [2.75, 3.05) is 5.32 Å². The van der Waals surface area contributed by atoms with E-state index in [4.69, 9.17) is 28.2 Å². The number of amides is 1. The highest BCUT2D eigenvalue weighted by Gasteiger charge is 2.20. The number of pyridine rings is 1. The molecule has 0 aliphatic heterocycles. The molecule has 0 radical (unpaired) electrons. The zero-order valence-corrected chi connectivity index (χ0v) is 18.4. The highest BCUT2D eigenvalue weighted by Crippen LogP contribution is 2.35. The minimum atomic E-state index is -0.289. The van der Waals surface area contributed by atoms with Crippen LogP contribution in [0.3, 0.4) is 0 Å². The molecule has 0 unspecified atom stereocenters. The molecular formula is C25H18Cl2N2O2. The Morgan fingerprint density at radius 3 is 2.45 bits per heavy atom. The molecular weight excluding hydrogens is 431 g/mol. The van der Waals surface area contributed by atoms with E-state index in [0.717, 1.165) is 5.39 Å². The molecule has 0 saturated carbocycles. The van der Waals surface area contributed by atoms with Crippen molar-refractivity contribution in [3.8, 4) is 11.3 Å². The summed E-state index contributed by atoms with van der Waals surface area (Å²) < 4.78 is 0. The van der Waals surface area contributed by atoms with Gasteiger partial charge < -0.3 is 5.32 Å². The van der Waals surface area contributed by atoms with Crippen LogP contribution >= 0.6 is 23.2 Å². The number of Topliss-reactive ketones (excluding diaryl/α,β-unsaturated/α-hetero) is 1. The van der Waals surface area contributed by atoms with Gasteiger partial charge >= 0.3 is 0 Å². The van der Waals surface area contributed by atoms with E-state index in [1.54, 1.807) is 42.5 Å². The molecule has 0 aliphatic rings. The molecule has 1 amide bonds. The van der Waals surface area contributed by atoms with Gasteiger partial charge in [0.15, 0.2) is 5.78 Å². The van der Waals surface area contributed by atoms with Crippen LogP contribution in [0, 0.1) is 6.92 Å². The summed E-state index contributed by atoms with van der Waals surface area (Å²) in [5.74, 6) is -0.357. The number of hydrogen-bond donors (Lipinski definition) is 1. The Hall–Kier alpha value is -3.21. The van der Waals surface area contributed by atoms with Crippen LogP contribution in [0.5, 0.6) is 0 Å². The maximum atomic E-state index is 13.4. The van der Waals surface area contributed by atoms with Crippen molar-refractivity contribution in [3.63, 3.8) is 0 Å². The van der Waals surface area contributed by atoms with Gasteiger partial charge in [0.2, 0.25) is 0 Å². The van der Waals surface area contributed by atoms with Gasteiger partial charge in [0.1, 0.15) is 0 Å². The van der Waals surface area contributed by atoms with Crippen molar-refractivity contribution < 1.29 is 9.59 Å². The normalized spacial score (nSPS) is 10.8. The van der Waals surface area contributed by atoms with Crippen LogP contribution in [-0.2, 0) is 0 Å². The van der Waals surface area contributed by atoms with E-state index in [-0.39, 0.29) is 11.7 Å². The number of ketones is 1. The van der Waals surface area contributed by atoms with Crippen molar-refractivity contribution in [2.45, 2.75) is 13.8 Å². The van der Waals surface area contributed by atoms with Gasteiger partial charge in [0, 0.05) is 27.2 Å². The van der Waals surface area contributed by atoms with Crippen molar-refractivity contribution in [2.24, 2.45) is 0 Å². The molecule has 0 saturated heterocycles. The number of hydrogen-bond acceptors (Lipinski definition) is 3. The third kappa shape index (κ3) is 4.18. The molecule has 1 heterocycles. The molecule has 154 valence electrons. The van der Waals surface area contributed by atoms with Crippen molar-refractivity contribution in [1.82, 2.24) is 4.98 Å². The fourth-order valence-electron chi connectivity index (χ4n) is 3.55. The minimum Gasteiger partial charge on any atom is -0.322 e. The van der Waals surface area contributed by atoms with Gasteiger partial charge in [-0.3, -0.25) is 9.59 Å². The van der Waals surface area contributed by atoms with Crippen molar-refractivity contribution in [3.05, 3.63) is 93.5 Å². The SMILES string of the molecule is CC(=O)c1cccc(NC(=O)c2c(C)c(-c3ccc(Cl)cc3Cl)nc3ccccc23)c1. The van der Waals surface area contributed by atoms with E-state index in [9.17, 15) is 9.59 Å². The quantitative estimate of drug-likeness (QED) is 0.342. The van der Waals surface area contributed by atoms with E-state index < -0.39 is 0 Å². The fourth-order valence-corrected chi connectivity index (χ4v) is 4.05. The summed E-state index contributed by atoms with van der Waals surface area (Å²) in [6.45, 7) is 3.34. The number of benzene rings is 3. The largest absolute Gasteiger partial charge is 0.322 e. The molecule has 1 aromatic heterocycles. The molecule has 0 fully saturated rings. The molecule has 0 bridgehead atoms. The predicted molar refractivity (Wildman–Crippen MR) is 126 cm³/mol. The number of carbonyl (C=O) groups is 2. The lowest BCUT2D eigenvalue weighted by Gasteiger charge is -2.16.